The van der Waals surface area contributed by atoms with Gasteiger partial charge in [-0.3, -0.25) is 4.79 Å². The number of carbonyl (C=O) groups excluding carboxylic acids is 1. The zero-order valence-electron chi connectivity index (χ0n) is 11.0. The molecular weight excluding hydrogens is 234 g/mol. The van der Waals surface area contributed by atoms with Gasteiger partial charge in [0.1, 0.15) is 0 Å². The second kappa shape index (κ2) is 6.55. The SMILES string of the molecule is CC(=O)C(=Cc1ccccc1)CNc1ccccc1. The molecule has 0 aliphatic heterocycles. The lowest BCUT2D eigenvalue weighted by atomic mass is 10.1. The number of para-hydroxylation sites is 1. The smallest absolute Gasteiger partial charge is 0.157 e. The Hall–Kier alpha value is -2.35. The molecule has 0 saturated heterocycles. The lowest BCUT2D eigenvalue weighted by Gasteiger charge is -2.08. The first-order valence-electron chi connectivity index (χ1n) is 6.31. The first kappa shape index (κ1) is 13.1. The Kier molecular flexibility index (Phi) is 4.51. The predicted molar refractivity (Wildman–Crippen MR) is 80.0 cm³/mol. The molecule has 0 amide bonds. The van der Waals surface area contributed by atoms with E-state index in [0.29, 0.717) is 6.54 Å². The van der Waals surface area contributed by atoms with Crippen molar-refractivity contribution in [3.05, 3.63) is 71.8 Å². The molecule has 1 N–H and O–H groups in total. The van der Waals surface area contributed by atoms with Crippen molar-refractivity contribution < 1.29 is 4.79 Å². The van der Waals surface area contributed by atoms with Gasteiger partial charge in [-0.2, -0.15) is 0 Å². The van der Waals surface area contributed by atoms with Crippen LogP contribution in [-0.4, -0.2) is 12.3 Å². The van der Waals surface area contributed by atoms with Crippen molar-refractivity contribution in [3.8, 4) is 0 Å². The number of anilines is 1. The number of hydrogen-bond donors (Lipinski definition) is 1. The quantitative estimate of drug-likeness (QED) is 0.819. The highest BCUT2D eigenvalue weighted by Gasteiger charge is 2.03. The summed E-state index contributed by atoms with van der Waals surface area (Å²) in [5, 5.41) is 3.26. The lowest BCUT2D eigenvalue weighted by molar-refractivity contribution is -0.113. The second-order valence-electron chi connectivity index (χ2n) is 4.36. The van der Waals surface area contributed by atoms with E-state index in [2.05, 4.69) is 5.32 Å². The van der Waals surface area contributed by atoms with Gasteiger partial charge in [-0.25, -0.2) is 0 Å². The fourth-order valence-electron chi connectivity index (χ4n) is 1.78. The second-order valence-corrected chi connectivity index (χ2v) is 4.36. The molecule has 0 spiro atoms. The average molecular weight is 251 g/mol. The van der Waals surface area contributed by atoms with Crippen LogP contribution in [0.1, 0.15) is 12.5 Å². The molecule has 0 aliphatic carbocycles. The molecular formula is C17H17NO. The Labute approximate surface area is 113 Å². The van der Waals surface area contributed by atoms with Crippen LogP contribution in [0.3, 0.4) is 0 Å². The third-order valence-electron chi connectivity index (χ3n) is 2.85. The fraction of sp³-hybridized carbons (Fsp3) is 0.118. The molecule has 2 nitrogen and oxygen atoms in total. The van der Waals surface area contributed by atoms with Crippen LogP contribution in [-0.2, 0) is 4.79 Å². The molecule has 2 aromatic carbocycles. The van der Waals surface area contributed by atoms with Gasteiger partial charge >= 0.3 is 0 Å². The Bertz CT molecular complexity index is 558. The number of ketones is 1. The van der Waals surface area contributed by atoms with E-state index in [0.717, 1.165) is 16.8 Å². The van der Waals surface area contributed by atoms with E-state index in [1.165, 1.54) is 0 Å². The molecule has 0 heterocycles. The number of benzene rings is 2. The summed E-state index contributed by atoms with van der Waals surface area (Å²) in [5.74, 6) is 0.0901. The zero-order valence-corrected chi connectivity index (χ0v) is 11.0. The van der Waals surface area contributed by atoms with Gasteiger partial charge in [0.15, 0.2) is 5.78 Å². The molecule has 0 aromatic heterocycles. The summed E-state index contributed by atoms with van der Waals surface area (Å²) in [4.78, 5) is 11.7. The normalized spacial score (nSPS) is 11.1. The van der Waals surface area contributed by atoms with E-state index in [1.807, 2.05) is 66.7 Å². The minimum atomic E-state index is 0.0901. The van der Waals surface area contributed by atoms with Crippen LogP contribution >= 0.6 is 0 Å². The molecule has 0 atom stereocenters. The van der Waals surface area contributed by atoms with Crippen LogP contribution in [0.4, 0.5) is 5.69 Å². The van der Waals surface area contributed by atoms with Crippen LogP contribution in [0.15, 0.2) is 66.2 Å². The summed E-state index contributed by atoms with van der Waals surface area (Å²) in [6.07, 6.45) is 1.93. The van der Waals surface area contributed by atoms with E-state index < -0.39 is 0 Å². The Morgan fingerprint density at radius 2 is 1.58 bits per heavy atom. The molecule has 2 aromatic rings. The maximum Gasteiger partial charge on any atom is 0.157 e. The fourth-order valence-corrected chi connectivity index (χ4v) is 1.78. The van der Waals surface area contributed by atoms with Crippen molar-refractivity contribution in [2.45, 2.75) is 6.92 Å². The van der Waals surface area contributed by atoms with Crippen LogP contribution in [0.2, 0.25) is 0 Å². The van der Waals surface area contributed by atoms with Crippen molar-refractivity contribution >= 4 is 17.5 Å². The maximum absolute atomic E-state index is 11.7. The van der Waals surface area contributed by atoms with Crippen LogP contribution < -0.4 is 5.32 Å². The Balaban J connectivity index is 2.09. The molecule has 0 radical (unpaired) electrons. The molecule has 0 aliphatic rings. The van der Waals surface area contributed by atoms with Gasteiger partial charge in [-0.15, -0.1) is 0 Å². The molecule has 19 heavy (non-hydrogen) atoms. The molecule has 96 valence electrons. The Morgan fingerprint density at radius 3 is 2.16 bits per heavy atom. The average Bonchev–Trinajstić information content (AvgIpc) is 2.45. The van der Waals surface area contributed by atoms with E-state index in [-0.39, 0.29) is 5.78 Å². The Morgan fingerprint density at radius 1 is 1.00 bits per heavy atom. The van der Waals surface area contributed by atoms with Gasteiger partial charge in [-0.05, 0) is 30.7 Å². The standard InChI is InChI=1S/C17H17NO/c1-14(19)16(12-15-8-4-2-5-9-15)13-18-17-10-6-3-7-11-17/h2-12,18H,13H2,1H3. The molecule has 0 unspecified atom stereocenters. The molecule has 0 fully saturated rings. The number of rotatable bonds is 5. The summed E-state index contributed by atoms with van der Waals surface area (Å²) in [6, 6.07) is 19.8. The number of hydrogen-bond acceptors (Lipinski definition) is 2. The van der Waals surface area contributed by atoms with Gasteiger partial charge in [-0.1, -0.05) is 48.5 Å². The van der Waals surface area contributed by atoms with Gasteiger partial charge < -0.3 is 5.32 Å². The molecule has 0 bridgehead atoms. The number of carbonyl (C=O) groups is 1. The van der Waals surface area contributed by atoms with Crippen molar-refractivity contribution in [2.24, 2.45) is 0 Å². The summed E-state index contributed by atoms with van der Waals surface area (Å²) in [5.41, 5.74) is 2.83. The highest BCUT2D eigenvalue weighted by Crippen LogP contribution is 2.10. The van der Waals surface area contributed by atoms with Crippen molar-refractivity contribution in [2.75, 3.05) is 11.9 Å². The zero-order chi connectivity index (χ0) is 13.5. The summed E-state index contributed by atoms with van der Waals surface area (Å²) < 4.78 is 0. The maximum atomic E-state index is 11.7. The van der Waals surface area contributed by atoms with Gasteiger partial charge in [0.2, 0.25) is 0 Å². The van der Waals surface area contributed by atoms with Crippen molar-refractivity contribution in [1.82, 2.24) is 0 Å². The minimum absolute atomic E-state index is 0.0901. The highest BCUT2D eigenvalue weighted by molar-refractivity contribution is 5.98. The predicted octanol–water partition coefficient (Wildman–Crippen LogP) is 3.77. The number of nitrogens with one attached hydrogen (secondary N) is 1. The monoisotopic (exact) mass is 251 g/mol. The summed E-state index contributed by atoms with van der Waals surface area (Å²) in [7, 11) is 0. The molecule has 2 rings (SSSR count). The summed E-state index contributed by atoms with van der Waals surface area (Å²) in [6.45, 7) is 2.13. The van der Waals surface area contributed by atoms with Crippen molar-refractivity contribution in [1.29, 1.82) is 0 Å². The van der Waals surface area contributed by atoms with Crippen LogP contribution in [0.5, 0.6) is 0 Å². The third-order valence-corrected chi connectivity index (χ3v) is 2.85. The van der Waals surface area contributed by atoms with Gasteiger partial charge in [0.05, 0.1) is 0 Å². The first-order valence-corrected chi connectivity index (χ1v) is 6.31. The van der Waals surface area contributed by atoms with Crippen LogP contribution in [0, 0.1) is 0 Å². The van der Waals surface area contributed by atoms with Gasteiger partial charge in [0.25, 0.3) is 0 Å². The van der Waals surface area contributed by atoms with E-state index >= 15 is 0 Å². The lowest BCUT2D eigenvalue weighted by Crippen LogP contribution is -2.10. The van der Waals surface area contributed by atoms with Gasteiger partial charge in [0, 0.05) is 17.8 Å². The topological polar surface area (TPSA) is 29.1 Å². The first-order chi connectivity index (χ1) is 9.25. The molecule has 0 saturated carbocycles. The highest BCUT2D eigenvalue weighted by atomic mass is 16.1. The van der Waals surface area contributed by atoms with Crippen LogP contribution in [0.25, 0.3) is 6.08 Å². The molecule has 2 heteroatoms. The largest absolute Gasteiger partial charge is 0.381 e. The van der Waals surface area contributed by atoms with E-state index in [1.54, 1.807) is 6.92 Å². The number of Topliss-reactive ketones (excluding diaryl/α,β-unsaturated/α-hetero) is 1. The minimum Gasteiger partial charge on any atom is -0.381 e. The van der Waals surface area contributed by atoms with E-state index in [9.17, 15) is 4.79 Å². The van der Waals surface area contributed by atoms with Crippen molar-refractivity contribution in [3.63, 3.8) is 0 Å². The van der Waals surface area contributed by atoms with E-state index in [4.69, 9.17) is 0 Å². The third kappa shape index (κ3) is 4.11. The summed E-state index contributed by atoms with van der Waals surface area (Å²) >= 11 is 0.